The maximum atomic E-state index is 12.4. The van der Waals surface area contributed by atoms with Crippen LogP contribution in [-0.2, 0) is 9.84 Å². The standard InChI is InChI=1S/C22H35N3O3S/c1-5-23-20(24-14-15-29(26,27)21(2,3)4)25-18-16-22(12-8-9-13-22)28-19-11-7-6-10-17(18)19/h6-7,10-11,18H,5,8-9,12-16H2,1-4H3,(H2,23,24,25). The highest BCUT2D eigenvalue weighted by atomic mass is 32.2. The van der Waals surface area contributed by atoms with E-state index < -0.39 is 14.6 Å². The monoisotopic (exact) mass is 421 g/mol. The molecular formula is C22H35N3O3S. The number of hydrogen-bond donors (Lipinski definition) is 2. The Hall–Kier alpha value is -1.76. The third-order valence-electron chi connectivity index (χ3n) is 5.93. The SMILES string of the molecule is CCNC(=NCCS(=O)(=O)C(C)(C)C)NC1CC2(CCCC2)Oc2ccccc21. The van der Waals surface area contributed by atoms with Crippen LogP contribution in [0.1, 0.15) is 71.4 Å². The number of guanidine groups is 1. The Kier molecular flexibility index (Phi) is 6.46. The van der Waals surface area contributed by atoms with Gasteiger partial charge in [0.2, 0.25) is 0 Å². The van der Waals surface area contributed by atoms with Gasteiger partial charge in [0.15, 0.2) is 15.8 Å². The fourth-order valence-electron chi connectivity index (χ4n) is 4.14. The van der Waals surface area contributed by atoms with Gasteiger partial charge in [0.05, 0.1) is 23.1 Å². The number of sulfone groups is 1. The molecule has 1 saturated carbocycles. The predicted octanol–water partition coefficient (Wildman–Crippen LogP) is 3.59. The molecule has 1 atom stereocenters. The summed E-state index contributed by atoms with van der Waals surface area (Å²) < 4.78 is 30.5. The van der Waals surface area contributed by atoms with E-state index in [2.05, 4.69) is 21.7 Å². The summed E-state index contributed by atoms with van der Waals surface area (Å²) >= 11 is 0. The fraction of sp³-hybridized carbons (Fsp3) is 0.682. The summed E-state index contributed by atoms with van der Waals surface area (Å²) in [6.07, 6.45) is 5.46. The second-order valence-electron chi connectivity index (χ2n) is 9.12. The van der Waals surface area contributed by atoms with Crippen molar-refractivity contribution in [2.45, 2.75) is 76.2 Å². The minimum Gasteiger partial charge on any atom is -0.487 e. The third-order valence-corrected chi connectivity index (χ3v) is 8.52. The minimum atomic E-state index is -3.19. The molecule has 1 aliphatic carbocycles. The Morgan fingerprint density at radius 2 is 1.93 bits per heavy atom. The van der Waals surface area contributed by atoms with Crippen molar-refractivity contribution in [2.24, 2.45) is 4.99 Å². The first kappa shape index (κ1) is 21.9. The summed E-state index contributed by atoms with van der Waals surface area (Å²) in [5.41, 5.74) is 1.04. The van der Waals surface area contributed by atoms with Gasteiger partial charge in [0.1, 0.15) is 11.4 Å². The molecule has 162 valence electrons. The summed E-state index contributed by atoms with van der Waals surface area (Å²) in [6.45, 7) is 8.17. The average molecular weight is 422 g/mol. The third kappa shape index (κ3) is 5.05. The van der Waals surface area contributed by atoms with Crippen LogP contribution in [-0.4, -0.2) is 43.6 Å². The summed E-state index contributed by atoms with van der Waals surface area (Å²) in [7, 11) is -3.19. The van der Waals surface area contributed by atoms with Gasteiger partial charge in [-0.3, -0.25) is 4.99 Å². The van der Waals surface area contributed by atoms with Crippen molar-refractivity contribution in [3.8, 4) is 5.75 Å². The molecule has 3 rings (SSSR count). The molecular weight excluding hydrogens is 386 g/mol. The van der Waals surface area contributed by atoms with Crippen molar-refractivity contribution in [3.05, 3.63) is 29.8 Å². The number of nitrogens with one attached hydrogen (secondary N) is 2. The van der Waals surface area contributed by atoms with Crippen LogP contribution in [0.2, 0.25) is 0 Å². The summed E-state index contributed by atoms with van der Waals surface area (Å²) in [5.74, 6) is 1.65. The summed E-state index contributed by atoms with van der Waals surface area (Å²) in [4.78, 5) is 4.57. The molecule has 2 N–H and O–H groups in total. The molecule has 7 heteroatoms. The summed E-state index contributed by atoms with van der Waals surface area (Å²) in [6, 6.07) is 8.28. The molecule has 2 aliphatic rings. The molecule has 1 spiro atoms. The number of nitrogens with zero attached hydrogens (tertiary/aromatic N) is 1. The van der Waals surface area contributed by atoms with Gasteiger partial charge in [-0.15, -0.1) is 0 Å². The Morgan fingerprint density at radius 3 is 2.59 bits per heavy atom. The van der Waals surface area contributed by atoms with E-state index in [0.29, 0.717) is 12.5 Å². The highest BCUT2D eigenvalue weighted by Gasteiger charge is 2.43. The van der Waals surface area contributed by atoms with Crippen molar-refractivity contribution in [2.75, 3.05) is 18.8 Å². The van der Waals surface area contributed by atoms with E-state index in [-0.39, 0.29) is 23.9 Å². The number of para-hydroxylation sites is 1. The van der Waals surface area contributed by atoms with Crippen molar-refractivity contribution >= 4 is 15.8 Å². The fourth-order valence-corrected chi connectivity index (χ4v) is 5.09. The summed E-state index contributed by atoms with van der Waals surface area (Å²) in [5, 5.41) is 6.82. The first-order chi connectivity index (χ1) is 13.7. The van der Waals surface area contributed by atoms with Crippen molar-refractivity contribution < 1.29 is 13.2 Å². The Bertz CT molecular complexity index is 837. The molecule has 1 unspecified atom stereocenters. The van der Waals surface area contributed by atoms with Gasteiger partial charge in [0, 0.05) is 18.5 Å². The predicted molar refractivity (Wildman–Crippen MR) is 118 cm³/mol. The molecule has 0 bridgehead atoms. The first-order valence-corrected chi connectivity index (χ1v) is 12.4. The molecule has 0 amide bonds. The van der Waals surface area contributed by atoms with Crippen LogP contribution >= 0.6 is 0 Å². The van der Waals surface area contributed by atoms with Gasteiger partial charge < -0.3 is 15.4 Å². The quantitative estimate of drug-likeness (QED) is 0.561. The topological polar surface area (TPSA) is 79.8 Å². The lowest BCUT2D eigenvalue weighted by molar-refractivity contribution is 0.0396. The minimum absolute atomic E-state index is 0.0430. The lowest BCUT2D eigenvalue weighted by Crippen LogP contribution is -2.46. The molecule has 6 nitrogen and oxygen atoms in total. The van der Waals surface area contributed by atoms with E-state index >= 15 is 0 Å². The first-order valence-electron chi connectivity index (χ1n) is 10.7. The highest BCUT2D eigenvalue weighted by Crippen LogP contribution is 2.46. The van der Waals surface area contributed by atoms with E-state index in [1.165, 1.54) is 12.8 Å². The van der Waals surface area contributed by atoms with Crippen LogP contribution in [0, 0.1) is 0 Å². The van der Waals surface area contributed by atoms with Gasteiger partial charge in [0.25, 0.3) is 0 Å². The van der Waals surface area contributed by atoms with E-state index in [4.69, 9.17) is 4.74 Å². The molecule has 1 fully saturated rings. The van der Waals surface area contributed by atoms with Crippen LogP contribution < -0.4 is 15.4 Å². The van der Waals surface area contributed by atoms with Gasteiger partial charge in [-0.25, -0.2) is 8.42 Å². The van der Waals surface area contributed by atoms with Crippen LogP contribution in [0.25, 0.3) is 0 Å². The van der Waals surface area contributed by atoms with Gasteiger partial charge in [-0.2, -0.15) is 0 Å². The van der Waals surface area contributed by atoms with Crippen molar-refractivity contribution in [3.63, 3.8) is 0 Å². The Labute approximate surface area is 175 Å². The highest BCUT2D eigenvalue weighted by molar-refractivity contribution is 7.92. The van der Waals surface area contributed by atoms with E-state index in [0.717, 1.165) is 30.6 Å². The van der Waals surface area contributed by atoms with E-state index in [9.17, 15) is 8.42 Å². The lowest BCUT2D eigenvalue weighted by Gasteiger charge is -2.40. The van der Waals surface area contributed by atoms with Gasteiger partial charge >= 0.3 is 0 Å². The average Bonchev–Trinajstić information content (AvgIpc) is 3.08. The number of aliphatic imine (C=N–C) groups is 1. The van der Waals surface area contributed by atoms with Gasteiger partial charge in [-0.05, 0) is 59.4 Å². The smallest absolute Gasteiger partial charge is 0.191 e. The number of hydrogen-bond acceptors (Lipinski definition) is 4. The molecule has 0 radical (unpaired) electrons. The van der Waals surface area contributed by atoms with Gasteiger partial charge in [-0.1, -0.05) is 18.2 Å². The van der Waals surface area contributed by atoms with Crippen molar-refractivity contribution in [1.82, 2.24) is 10.6 Å². The van der Waals surface area contributed by atoms with Crippen LogP contribution in [0.4, 0.5) is 0 Å². The van der Waals surface area contributed by atoms with Crippen molar-refractivity contribution in [1.29, 1.82) is 0 Å². The maximum Gasteiger partial charge on any atom is 0.191 e. The molecule has 29 heavy (non-hydrogen) atoms. The number of fused-ring (bicyclic) bond motifs is 1. The van der Waals surface area contributed by atoms with Crippen LogP contribution in [0.3, 0.4) is 0 Å². The maximum absolute atomic E-state index is 12.4. The molecule has 1 aromatic rings. The van der Waals surface area contributed by atoms with E-state index in [1.807, 2.05) is 25.1 Å². The normalized spacial score (nSPS) is 21.5. The van der Waals surface area contributed by atoms with Crippen LogP contribution in [0.5, 0.6) is 5.75 Å². The largest absolute Gasteiger partial charge is 0.487 e. The molecule has 1 aromatic carbocycles. The van der Waals surface area contributed by atoms with E-state index in [1.54, 1.807) is 20.8 Å². The lowest BCUT2D eigenvalue weighted by atomic mass is 9.86. The number of ether oxygens (including phenoxy) is 1. The number of rotatable bonds is 5. The second-order valence-corrected chi connectivity index (χ2v) is 12.0. The molecule has 0 aromatic heterocycles. The number of benzene rings is 1. The Balaban J connectivity index is 1.77. The Morgan fingerprint density at radius 1 is 1.24 bits per heavy atom. The molecule has 1 heterocycles. The second kappa shape index (κ2) is 8.54. The zero-order chi connectivity index (χ0) is 21.1. The molecule has 0 saturated heterocycles. The van der Waals surface area contributed by atoms with Crippen LogP contribution in [0.15, 0.2) is 29.3 Å². The molecule has 1 aliphatic heterocycles. The zero-order valence-corrected chi connectivity index (χ0v) is 18.9. The zero-order valence-electron chi connectivity index (χ0n) is 18.1.